The first-order valence-corrected chi connectivity index (χ1v) is 8.88. The predicted molar refractivity (Wildman–Crippen MR) is 107 cm³/mol. The number of ether oxygens (including phenoxy) is 1. The highest BCUT2D eigenvalue weighted by atomic mass is 16.5. The molecule has 3 aromatic rings. The molecule has 0 aliphatic heterocycles. The fourth-order valence-corrected chi connectivity index (χ4v) is 3.02. The molecular formula is C21H25N3O3. The zero-order valence-corrected chi connectivity index (χ0v) is 15.7. The first kappa shape index (κ1) is 18.9. The number of aliphatic hydroxyl groups is 1. The van der Waals surface area contributed by atoms with Gasteiger partial charge in [-0.3, -0.25) is 9.13 Å². The van der Waals surface area contributed by atoms with Crippen LogP contribution in [-0.4, -0.2) is 27.4 Å². The number of aryl methyl sites for hydroxylation is 2. The van der Waals surface area contributed by atoms with Gasteiger partial charge >= 0.3 is 5.69 Å². The highest BCUT2D eigenvalue weighted by molar-refractivity contribution is 5.76. The first-order valence-electron chi connectivity index (χ1n) is 8.88. The van der Waals surface area contributed by atoms with Crippen LogP contribution in [0.3, 0.4) is 0 Å². The summed E-state index contributed by atoms with van der Waals surface area (Å²) in [5.41, 5.74) is 3.40. The predicted octanol–water partition coefficient (Wildman–Crippen LogP) is 2.27. The third-order valence-corrected chi connectivity index (χ3v) is 4.63. The Bertz CT molecular complexity index is 986. The number of aliphatic hydroxyl groups excluding tert-OH is 1. The molecule has 1 aromatic heterocycles. The summed E-state index contributed by atoms with van der Waals surface area (Å²) in [5.74, 6) is 0.703. The zero-order chi connectivity index (χ0) is 19.4. The Balaban J connectivity index is 1.64. The topological polar surface area (TPSA) is 68.4 Å². The third-order valence-electron chi connectivity index (χ3n) is 4.63. The quantitative estimate of drug-likeness (QED) is 0.473. The molecule has 0 aliphatic rings. The smallest absolute Gasteiger partial charge is 0.328 e. The highest BCUT2D eigenvalue weighted by Gasteiger charge is 2.13. The number of fused-ring (bicyclic) bond motifs is 1. The molecule has 0 fully saturated rings. The molecule has 0 saturated heterocycles. The maximum atomic E-state index is 12.0. The Morgan fingerprint density at radius 2 is 1.85 bits per heavy atom. The molecule has 1 atom stereocenters. The molecule has 6 nitrogen and oxygen atoms in total. The summed E-state index contributed by atoms with van der Waals surface area (Å²) in [5, 5.41) is 13.7. The van der Waals surface area contributed by atoms with Crippen molar-refractivity contribution in [1.82, 2.24) is 14.5 Å². The lowest BCUT2D eigenvalue weighted by Gasteiger charge is -2.13. The van der Waals surface area contributed by atoms with Crippen LogP contribution in [0, 0.1) is 0 Å². The monoisotopic (exact) mass is 367 g/mol. The Hall–Kier alpha value is -2.83. The van der Waals surface area contributed by atoms with Crippen LogP contribution in [0.1, 0.15) is 17.2 Å². The molecular weight excluding hydrogens is 342 g/mol. The number of nitrogens with zero attached hydrogens (tertiary/aromatic N) is 2. The lowest BCUT2D eigenvalue weighted by molar-refractivity contribution is 0.108. The standard InChI is InChI=1S/C21H25N3O3/c1-4-11-22-13-15-5-8-17(9-6-15)27-14-20(25)16-7-10-18-19(12-16)24(3)21(26)23(18)2/h4-10,12,20,22,25H,1,11,13-14H2,2-3H3/t20-/m1/s1. The van der Waals surface area contributed by atoms with Crippen LogP contribution >= 0.6 is 0 Å². The van der Waals surface area contributed by atoms with Gasteiger partial charge in [-0.05, 0) is 35.4 Å². The zero-order valence-electron chi connectivity index (χ0n) is 15.7. The van der Waals surface area contributed by atoms with Gasteiger partial charge in [0.25, 0.3) is 0 Å². The first-order chi connectivity index (χ1) is 13.0. The van der Waals surface area contributed by atoms with E-state index >= 15 is 0 Å². The molecule has 142 valence electrons. The van der Waals surface area contributed by atoms with Gasteiger partial charge in [0.1, 0.15) is 18.5 Å². The molecule has 0 saturated carbocycles. The fourth-order valence-electron chi connectivity index (χ4n) is 3.02. The Morgan fingerprint density at radius 3 is 2.56 bits per heavy atom. The molecule has 27 heavy (non-hydrogen) atoms. The van der Waals surface area contributed by atoms with E-state index in [0.29, 0.717) is 11.3 Å². The molecule has 3 rings (SSSR count). The second kappa shape index (κ2) is 8.24. The second-order valence-electron chi connectivity index (χ2n) is 6.54. The van der Waals surface area contributed by atoms with Crippen molar-refractivity contribution in [3.8, 4) is 5.75 Å². The van der Waals surface area contributed by atoms with E-state index in [0.717, 1.165) is 29.7 Å². The van der Waals surface area contributed by atoms with Gasteiger partial charge in [0.05, 0.1) is 11.0 Å². The summed E-state index contributed by atoms with van der Waals surface area (Å²) >= 11 is 0. The third kappa shape index (κ3) is 4.13. The number of benzene rings is 2. The summed E-state index contributed by atoms with van der Waals surface area (Å²) < 4.78 is 8.88. The van der Waals surface area contributed by atoms with Gasteiger partial charge < -0.3 is 15.2 Å². The van der Waals surface area contributed by atoms with E-state index in [-0.39, 0.29) is 12.3 Å². The van der Waals surface area contributed by atoms with Crippen LogP contribution < -0.4 is 15.7 Å². The minimum absolute atomic E-state index is 0.0874. The minimum Gasteiger partial charge on any atom is -0.491 e. The van der Waals surface area contributed by atoms with Gasteiger partial charge in [-0.15, -0.1) is 6.58 Å². The van der Waals surface area contributed by atoms with E-state index in [1.54, 1.807) is 23.2 Å². The van der Waals surface area contributed by atoms with Gasteiger partial charge in [0, 0.05) is 27.2 Å². The second-order valence-corrected chi connectivity index (χ2v) is 6.54. The summed E-state index contributed by atoms with van der Waals surface area (Å²) in [4.78, 5) is 12.0. The maximum absolute atomic E-state index is 12.0. The van der Waals surface area contributed by atoms with Crippen molar-refractivity contribution in [2.45, 2.75) is 12.6 Å². The average Bonchev–Trinajstić information content (AvgIpc) is 2.91. The largest absolute Gasteiger partial charge is 0.491 e. The number of hydrogen-bond donors (Lipinski definition) is 2. The van der Waals surface area contributed by atoms with Crippen molar-refractivity contribution in [3.63, 3.8) is 0 Å². The number of rotatable bonds is 8. The van der Waals surface area contributed by atoms with Crippen LogP contribution in [0.15, 0.2) is 59.9 Å². The number of hydrogen-bond acceptors (Lipinski definition) is 4. The molecule has 0 amide bonds. The molecule has 0 aliphatic carbocycles. The molecule has 0 spiro atoms. The molecule has 0 radical (unpaired) electrons. The number of aromatic nitrogens is 2. The fraction of sp³-hybridized carbons (Fsp3) is 0.286. The van der Waals surface area contributed by atoms with E-state index in [9.17, 15) is 9.90 Å². The molecule has 6 heteroatoms. The van der Waals surface area contributed by atoms with E-state index in [1.807, 2.05) is 48.5 Å². The van der Waals surface area contributed by atoms with Gasteiger partial charge in [0.2, 0.25) is 0 Å². The van der Waals surface area contributed by atoms with Crippen molar-refractivity contribution in [3.05, 3.63) is 76.7 Å². The van der Waals surface area contributed by atoms with Crippen molar-refractivity contribution in [2.75, 3.05) is 13.2 Å². The van der Waals surface area contributed by atoms with Gasteiger partial charge in [-0.1, -0.05) is 24.3 Å². The van der Waals surface area contributed by atoms with Gasteiger partial charge in [-0.2, -0.15) is 0 Å². The minimum atomic E-state index is -0.779. The molecule has 2 aromatic carbocycles. The van der Waals surface area contributed by atoms with E-state index in [2.05, 4.69) is 11.9 Å². The summed E-state index contributed by atoms with van der Waals surface area (Å²) in [6, 6.07) is 13.3. The van der Waals surface area contributed by atoms with Crippen LogP contribution in [-0.2, 0) is 20.6 Å². The van der Waals surface area contributed by atoms with E-state index in [1.165, 1.54) is 0 Å². The lowest BCUT2D eigenvalue weighted by atomic mass is 10.1. The van der Waals surface area contributed by atoms with Gasteiger partial charge in [0.15, 0.2) is 0 Å². The molecule has 2 N–H and O–H groups in total. The summed E-state index contributed by atoms with van der Waals surface area (Å²) in [6.45, 7) is 5.35. The highest BCUT2D eigenvalue weighted by Crippen LogP contribution is 2.21. The average molecular weight is 367 g/mol. The SMILES string of the molecule is C=CCNCc1ccc(OC[C@@H](O)c2ccc3c(c2)n(C)c(=O)n3C)cc1. The lowest BCUT2D eigenvalue weighted by Crippen LogP contribution is -2.19. The van der Waals surface area contributed by atoms with Crippen molar-refractivity contribution in [1.29, 1.82) is 0 Å². The Kier molecular flexibility index (Phi) is 5.78. The van der Waals surface area contributed by atoms with Crippen molar-refractivity contribution < 1.29 is 9.84 Å². The normalized spacial score (nSPS) is 12.3. The number of imidazole rings is 1. The Morgan fingerprint density at radius 1 is 1.15 bits per heavy atom. The van der Waals surface area contributed by atoms with E-state index < -0.39 is 6.10 Å². The molecule has 1 heterocycles. The van der Waals surface area contributed by atoms with Crippen LogP contribution in [0.2, 0.25) is 0 Å². The maximum Gasteiger partial charge on any atom is 0.328 e. The summed E-state index contributed by atoms with van der Waals surface area (Å²) in [6.07, 6.45) is 1.04. The van der Waals surface area contributed by atoms with Crippen LogP contribution in [0.5, 0.6) is 5.75 Å². The van der Waals surface area contributed by atoms with Crippen molar-refractivity contribution in [2.24, 2.45) is 14.1 Å². The van der Waals surface area contributed by atoms with Crippen LogP contribution in [0.25, 0.3) is 11.0 Å². The van der Waals surface area contributed by atoms with E-state index in [4.69, 9.17) is 4.74 Å². The molecule has 0 unspecified atom stereocenters. The molecule has 0 bridgehead atoms. The van der Waals surface area contributed by atoms with Crippen LogP contribution in [0.4, 0.5) is 0 Å². The number of nitrogens with one attached hydrogen (secondary N) is 1. The van der Waals surface area contributed by atoms with Crippen molar-refractivity contribution >= 4 is 11.0 Å². The van der Waals surface area contributed by atoms with Gasteiger partial charge in [-0.25, -0.2) is 4.79 Å². The Labute approximate surface area is 158 Å². The summed E-state index contributed by atoms with van der Waals surface area (Å²) in [7, 11) is 3.46.